The predicted octanol–water partition coefficient (Wildman–Crippen LogP) is 2.36. The Morgan fingerprint density at radius 1 is 1.42 bits per heavy atom. The maximum atomic E-state index is 12.7. The van der Waals surface area contributed by atoms with Gasteiger partial charge in [-0.2, -0.15) is 0 Å². The van der Waals surface area contributed by atoms with Gasteiger partial charge in [0.25, 0.3) is 0 Å². The van der Waals surface area contributed by atoms with Gasteiger partial charge in [-0.3, -0.25) is 4.79 Å². The van der Waals surface area contributed by atoms with Gasteiger partial charge in [0.15, 0.2) is 0 Å². The Kier molecular flexibility index (Phi) is 4.83. The van der Waals surface area contributed by atoms with E-state index in [0.717, 1.165) is 48.8 Å². The van der Waals surface area contributed by atoms with E-state index in [2.05, 4.69) is 15.0 Å². The van der Waals surface area contributed by atoms with Crippen LogP contribution >= 0.6 is 0 Å². The maximum absolute atomic E-state index is 12.7. The van der Waals surface area contributed by atoms with Crippen LogP contribution in [-0.2, 0) is 11.2 Å². The van der Waals surface area contributed by atoms with Crippen LogP contribution in [0.3, 0.4) is 0 Å². The number of hydrogen-bond acceptors (Lipinski definition) is 5. The van der Waals surface area contributed by atoms with E-state index in [0.29, 0.717) is 6.42 Å². The van der Waals surface area contributed by atoms with E-state index < -0.39 is 0 Å². The minimum Gasteiger partial charge on any atom is -0.361 e. The fourth-order valence-corrected chi connectivity index (χ4v) is 3.25. The number of carbonyl (C=O) groups is 1. The van der Waals surface area contributed by atoms with Gasteiger partial charge in [-0.15, -0.1) is 0 Å². The summed E-state index contributed by atoms with van der Waals surface area (Å²) in [4.78, 5) is 21.2. The Balaban J connectivity index is 1.66. The van der Waals surface area contributed by atoms with E-state index in [1.165, 1.54) is 0 Å². The summed E-state index contributed by atoms with van der Waals surface area (Å²) in [6, 6.07) is 6.14. The molecule has 0 saturated carbocycles. The second-order valence-electron chi connectivity index (χ2n) is 6.41. The largest absolute Gasteiger partial charge is 0.361 e. The van der Waals surface area contributed by atoms with Crippen LogP contribution in [0.4, 0.5) is 5.82 Å². The number of piperidine rings is 1. The van der Waals surface area contributed by atoms with Crippen molar-refractivity contribution in [3.63, 3.8) is 0 Å². The molecular weight excluding hydrogens is 304 g/mol. The number of hydrogen-bond donors (Lipinski definition) is 0. The highest BCUT2D eigenvalue weighted by Crippen LogP contribution is 2.21. The number of carbonyl (C=O) groups excluding carboxylic acids is 1. The molecule has 6 nitrogen and oxygen atoms in total. The second-order valence-corrected chi connectivity index (χ2v) is 6.41. The third-order valence-corrected chi connectivity index (χ3v) is 4.82. The molecule has 1 fully saturated rings. The Hall–Kier alpha value is -2.37. The highest BCUT2D eigenvalue weighted by molar-refractivity contribution is 5.79. The second kappa shape index (κ2) is 7.03. The third-order valence-electron chi connectivity index (χ3n) is 4.82. The Labute approximate surface area is 142 Å². The standard InChI is InChI=1S/C18H24N4O2/c1-13-16(14(2)24-20-13)11-18(23)21(3)15-7-6-10-22(12-15)17-8-4-5-9-19-17/h4-5,8-9,15H,6-7,10-12H2,1-3H3. The summed E-state index contributed by atoms with van der Waals surface area (Å²) < 4.78 is 5.16. The smallest absolute Gasteiger partial charge is 0.227 e. The Morgan fingerprint density at radius 3 is 2.92 bits per heavy atom. The molecule has 0 bridgehead atoms. The van der Waals surface area contributed by atoms with Crippen molar-refractivity contribution in [3.05, 3.63) is 41.4 Å². The topological polar surface area (TPSA) is 62.5 Å². The van der Waals surface area contributed by atoms with Crippen molar-refractivity contribution < 1.29 is 9.32 Å². The molecule has 1 saturated heterocycles. The van der Waals surface area contributed by atoms with Gasteiger partial charge in [0, 0.05) is 37.9 Å². The maximum Gasteiger partial charge on any atom is 0.227 e. The highest BCUT2D eigenvalue weighted by Gasteiger charge is 2.27. The average molecular weight is 328 g/mol. The molecule has 6 heteroatoms. The molecule has 0 spiro atoms. The minimum absolute atomic E-state index is 0.109. The molecule has 1 aliphatic heterocycles. The number of amides is 1. The first-order valence-electron chi connectivity index (χ1n) is 8.39. The molecule has 0 aliphatic carbocycles. The number of rotatable bonds is 4. The van der Waals surface area contributed by atoms with Crippen LogP contribution in [0.5, 0.6) is 0 Å². The molecule has 0 N–H and O–H groups in total. The number of aromatic nitrogens is 2. The lowest BCUT2D eigenvalue weighted by Gasteiger charge is -2.38. The Morgan fingerprint density at radius 2 is 2.25 bits per heavy atom. The van der Waals surface area contributed by atoms with Gasteiger partial charge >= 0.3 is 0 Å². The molecule has 1 atom stereocenters. The summed E-state index contributed by atoms with van der Waals surface area (Å²) in [7, 11) is 1.90. The van der Waals surface area contributed by atoms with Crippen LogP contribution in [0.25, 0.3) is 0 Å². The first-order chi connectivity index (χ1) is 11.6. The molecule has 128 valence electrons. The number of pyridine rings is 1. The molecule has 3 rings (SSSR count). The summed E-state index contributed by atoms with van der Waals surface area (Å²) in [5, 5.41) is 3.93. The van der Waals surface area contributed by atoms with Crippen molar-refractivity contribution in [2.75, 3.05) is 25.0 Å². The monoisotopic (exact) mass is 328 g/mol. The van der Waals surface area contributed by atoms with Gasteiger partial charge in [-0.25, -0.2) is 4.98 Å². The fraction of sp³-hybridized carbons (Fsp3) is 0.500. The quantitative estimate of drug-likeness (QED) is 0.862. The lowest BCUT2D eigenvalue weighted by Crippen LogP contribution is -2.49. The van der Waals surface area contributed by atoms with E-state index in [9.17, 15) is 4.79 Å². The van der Waals surface area contributed by atoms with Crippen LogP contribution < -0.4 is 4.90 Å². The number of aryl methyl sites for hydroxylation is 2. The van der Waals surface area contributed by atoms with Crippen molar-refractivity contribution in [2.24, 2.45) is 0 Å². The molecule has 2 aromatic heterocycles. The van der Waals surface area contributed by atoms with E-state index in [1.807, 2.05) is 50.2 Å². The third kappa shape index (κ3) is 3.42. The van der Waals surface area contributed by atoms with Gasteiger partial charge in [0.05, 0.1) is 12.1 Å². The first kappa shape index (κ1) is 16.5. The molecule has 2 aromatic rings. The van der Waals surface area contributed by atoms with E-state index >= 15 is 0 Å². The van der Waals surface area contributed by atoms with Crippen molar-refractivity contribution in [1.29, 1.82) is 0 Å². The van der Waals surface area contributed by atoms with Gasteiger partial charge in [-0.05, 0) is 38.8 Å². The summed E-state index contributed by atoms with van der Waals surface area (Å²) in [6.45, 7) is 5.54. The summed E-state index contributed by atoms with van der Waals surface area (Å²) >= 11 is 0. The number of anilines is 1. The summed E-state index contributed by atoms with van der Waals surface area (Å²) in [5.74, 6) is 1.82. The zero-order chi connectivity index (χ0) is 17.1. The SMILES string of the molecule is Cc1noc(C)c1CC(=O)N(C)C1CCCN(c2ccccn2)C1. The van der Waals surface area contributed by atoms with Crippen molar-refractivity contribution >= 4 is 11.7 Å². The number of nitrogens with zero attached hydrogens (tertiary/aromatic N) is 4. The van der Waals surface area contributed by atoms with E-state index in [4.69, 9.17) is 4.52 Å². The molecule has 1 unspecified atom stereocenters. The zero-order valence-electron chi connectivity index (χ0n) is 14.5. The Bertz CT molecular complexity index is 679. The molecule has 1 amide bonds. The first-order valence-corrected chi connectivity index (χ1v) is 8.39. The van der Waals surface area contributed by atoms with Crippen molar-refractivity contribution in [2.45, 2.75) is 39.2 Å². The van der Waals surface area contributed by atoms with Gasteiger partial charge in [0.1, 0.15) is 11.6 Å². The lowest BCUT2D eigenvalue weighted by atomic mass is 10.0. The molecule has 1 aliphatic rings. The molecule has 24 heavy (non-hydrogen) atoms. The number of likely N-dealkylation sites (N-methyl/N-ethyl adjacent to an activating group) is 1. The lowest BCUT2D eigenvalue weighted by molar-refractivity contribution is -0.131. The van der Waals surface area contributed by atoms with Crippen LogP contribution in [-0.4, -0.2) is 47.1 Å². The van der Waals surface area contributed by atoms with Crippen LogP contribution in [0.2, 0.25) is 0 Å². The normalized spacial score (nSPS) is 17.8. The van der Waals surface area contributed by atoms with E-state index in [-0.39, 0.29) is 11.9 Å². The molecule has 3 heterocycles. The van der Waals surface area contributed by atoms with Gasteiger partial charge in [-0.1, -0.05) is 11.2 Å². The average Bonchev–Trinajstić information content (AvgIpc) is 2.94. The van der Waals surface area contributed by atoms with Crippen LogP contribution in [0.1, 0.15) is 29.9 Å². The fourth-order valence-electron chi connectivity index (χ4n) is 3.25. The summed E-state index contributed by atoms with van der Waals surface area (Å²) in [6.07, 6.45) is 4.24. The molecular formula is C18H24N4O2. The van der Waals surface area contributed by atoms with Crippen molar-refractivity contribution in [3.8, 4) is 0 Å². The minimum atomic E-state index is 0.109. The van der Waals surface area contributed by atoms with Crippen LogP contribution in [0.15, 0.2) is 28.9 Å². The van der Waals surface area contributed by atoms with Gasteiger partial charge < -0.3 is 14.3 Å². The zero-order valence-corrected chi connectivity index (χ0v) is 14.5. The predicted molar refractivity (Wildman–Crippen MR) is 91.9 cm³/mol. The highest BCUT2D eigenvalue weighted by atomic mass is 16.5. The van der Waals surface area contributed by atoms with E-state index in [1.54, 1.807) is 0 Å². The van der Waals surface area contributed by atoms with Crippen molar-refractivity contribution in [1.82, 2.24) is 15.0 Å². The molecule has 0 aromatic carbocycles. The van der Waals surface area contributed by atoms with Crippen LogP contribution in [0, 0.1) is 13.8 Å². The molecule has 0 radical (unpaired) electrons. The van der Waals surface area contributed by atoms with Gasteiger partial charge in [0.2, 0.25) is 5.91 Å². The summed E-state index contributed by atoms with van der Waals surface area (Å²) in [5.41, 5.74) is 1.71.